The number of hydrogen-bond donors (Lipinski definition) is 1. The van der Waals surface area contributed by atoms with Crippen molar-refractivity contribution in [1.82, 2.24) is 10.3 Å². The molecule has 0 amide bonds. The fourth-order valence-electron chi connectivity index (χ4n) is 1.64. The van der Waals surface area contributed by atoms with Crippen LogP contribution in [0.25, 0.3) is 0 Å². The molecule has 2 atom stereocenters. The zero-order valence-corrected chi connectivity index (χ0v) is 10.3. The van der Waals surface area contributed by atoms with Crippen molar-refractivity contribution in [3.05, 3.63) is 42.7 Å². The average molecular weight is 218 g/mol. The predicted molar refractivity (Wildman–Crippen MR) is 69.4 cm³/mol. The van der Waals surface area contributed by atoms with Crippen molar-refractivity contribution in [2.75, 3.05) is 6.54 Å². The lowest BCUT2D eigenvalue weighted by Crippen LogP contribution is -2.33. The highest BCUT2D eigenvalue weighted by Gasteiger charge is 2.09. The molecule has 0 saturated heterocycles. The maximum atomic E-state index is 4.30. The molecule has 1 N–H and O–H groups in total. The molecule has 2 unspecified atom stereocenters. The monoisotopic (exact) mass is 218 g/mol. The van der Waals surface area contributed by atoms with Crippen LogP contribution in [-0.4, -0.2) is 17.6 Å². The van der Waals surface area contributed by atoms with Crippen LogP contribution in [0.4, 0.5) is 0 Å². The van der Waals surface area contributed by atoms with Crippen molar-refractivity contribution in [2.45, 2.75) is 32.7 Å². The minimum Gasteiger partial charge on any atom is -0.314 e. The summed E-state index contributed by atoms with van der Waals surface area (Å²) in [5.74, 6) is 0.640. The molecule has 1 aromatic rings. The van der Waals surface area contributed by atoms with Gasteiger partial charge >= 0.3 is 0 Å². The van der Waals surface area contributed by atoms with E-state index in [0.29, 0.717) is 12.0 Å². The first-order valence-electron chi connectivity index (χ1n) is 5.98. The van der Waals surface area contributed by atoms with Crippen molar-refractivity contribution in [3.8, 4) is 0 Å². The first-order valence-corrected chi connectivity index (χ1v) is 5.98. The highest BCUT2D eigenvalue weighted by Crippen LogP contribution is 2.07. The minimum absolute atomic E-state index is 0.529. The van der Waals surface area contributed by atoms with Crippen LogP contribution in [0.15, 0.2) is 37.1 Å². The Morgan fingerprint density at radius 3 is 2.88 bits per heavy atom. The van der Waals surface area contributed by atoms with E-state index in [1.807, 2.05) is 24.4 Å². The van der Waals surface area contributed by atoms with Crippen molar-refractivity contribution in [2.24, 2.45) is 5.92 Å². The topological polar surface area (TPSA) is 24.9 Å². The standard InChI is InChI=1S/C14H22N2/c1-4-7-12(2)13(3)15-11-9-14-8-5-6-10-16-14/h4-6,8,10,12-13,15H,1,7,9,11H2,2-3H3. The Hall–Kier alpha value is -1.15. The molecule has 0 aromatic carbocycles. The molecule has 0 spiro atoms. The lowest BCUT2D eigenvalue weighted by Gasteiger charge is -2.19. The average Bonchev–Trinajstić information content (AvgIpc) is 2.30. The Labute approximate surface area is 98.8 Å². The Morgan fingerprint density at radius 2 is 2.25 bits per heavy atom. The molecule has 0 radical (unpaired) electrons. The molecule has 0 aliphatic carbocycles. The number of aromatic nitrogens is 1. The van der Waals surface area contributed by atoms with Crippen LogP contribution in [0.1, 0.15) is 26.0 Å². The molecule has 0 fully saturated rings. The Kier molecular flexibility index (Phi) is 5.79. The van der Waals surface area contributed by atoms with Gasteiger partial charge in [0.15, 0.2) is 0 Å². The minimum atomic E-state index is 0.529. The molecule has 2 heteroatoms. The molecule has 1 heterocycles. The fourth-order valence-corrected chi connectivity index (χ4v) is 1.64. The second kappa shape index (κ2) is 7.18. The van der Waals surface area contributed by atoms with Crippen LogP contribution < -0.4 is 5.32 Å². The van der Waals surface area contributed by atoms with Gasteiger partial charge in [-0.05, 0) is 31.4 Å². The summed E-state index contributed by atoms with van der Waals surface area (Å²) in [4.78, 5) is 4.30. The van der Waals surface area contributed by atoms with Gasteiger partial charge in [0.1, 0.15) is 0 Å². The Morgan fingerprint density at radius 1 is 1.44 bits per heavy atom. The van der Waals surface area contributed by atoms with E-state index in [-0.39, 0.29) is 0 Å². The molecule has 0 saturated carbocycles. The van der Waals surface area contributed by atoms with Gasteiger partial charge in [0.25, 0.3) is 0 Å². The summed E-state index contributed by atoms with van der Waals surface area (Å²) in [6.45, 7) is 9.24. The molecule has 0 aliphatic rings. The summed E-state index contributed by atoms with van der Waals surface area (Å²) in [6, 6.07) is 6.58. The second-order valence-electron chi connectivity index (χ2n) is 4.32. The molecule has 0 bridgehead atoms. The zero-order valence-electron chi connectivity index (χ0n) is 10.3. The van der Waals surface area contributed by atoms with Crippen LogP contribution in [0.5, 0.6) is 0 Å². The van der Waals surface area contributed by atoms with Gasteiger partial charge in [0.05, 0.1) is 0 Å². The van der Waals surface area contributed by atoms with Crippen molar-refractivity contribution < 1.29 is 0 Å². The summed E-state index contributed by atoms with van der Waals surface area (Å²) in [7, 11) is 0. The van der Waals surface area contributed by atoms with Gasteiger partial charge in [0, 0.05) is 30.9 Å². The lowest BCUT2D eigenvalue weighted by molar-refractivity contribution is 0.405. The fraction of sp³-hybridized carbons (Fsp3) is 0.500. The number of pyridine rings is 1. The van der Waals surface area contributed by atoms with Crippen LogP contribution >= 0.6 is 0 Å². The number of allylic oxidation sites excluding steroid dienone is 1. The van der Waals surface area contributed by atoms with E-state index in [9.17, 15) is 0 Å². The van der Waals surface area contributed by atoms with Crippen molar-refractivity contribution in [1.29, 1.82) is 0 Å². The van der Waals surface area contributed by atoms with E-state index in [4.69, 9.17) is 0 Å². The van der Waals surface area contributed by atoms with Crippen LogP contribution in [0.2, 0.25) is 0 Å². The van der Waals surface area contributed by atoms with Gasteiger partial charge in [-0.1, -0.05) is 19.1 Å². The molecule has 1 rings (SSSR count). The molecule has 2 nitrogen and oxygen atoms in total. The maximum absolute atomic E-state index is 4.30. The van der Waals surface area contributed by atoms with E-state index in [1.165, 1.54) is 0 Å². The summed E-state index contributed by atoms with van der Waals surface area (Å²) in [6.07, 6.45) is 5.89. The van der Waals surface area contributed by atoms with Crippen molar-refractivity contribution in [3.63, 3.8) is 0 Å². The predicted octanol–water partition coefficient (Wildman–Crippen LogP) is 2.81. The number of nitrogens with one attached hydrogen (secondary N) is 1. The van der Waals surface area contributed by atoms with Gasteiger partial charge in [-0.15, -0.1) is 6.58 Å². The Balaban J connectivity index is 2.22. The summed E-state index contributed by atoms with van der Waals surface area (Å²) >= 11 is 0. The normalized spacial score (nSPS) is 14.4. The third-order valence-electron chi connectivity index (χ3n) is 2.97. The SMILES string of the molecule is C=CCC(C)C(C)NCCc1ccccn1. The van der Waals surface area contributed by atoms with Gasteiger partial charge in [-0.2, -0.15) is 0 Å². The largest absolute Gasteiger partial charge is 0.314 e. The number of rotatable bonds is 7. The third kappa shape index (κ3) is 4.58. The summed E-state index contributed by atoms with van der Waals surface area (Å²) < 4.78 is 0. The first kappa shape index (κ1) is 12.9. The number of hydrogen-bond acceptors (Lipinski definition) is 2. The lowest BCUT2D eigenvalue weighted by atomic mass is 10.00. The van der Waals surface area contributed by atoms with Gasteiger partial charge in [-0.25, -0.2) is 0 Å². The quantitative estimate of drug-likeness (QED) is 0.712. The van der Waals surface area contributed by atoms with Crippen LogP contribution in [-0.2, 0) is 6.42 Å². The number of nitrogens with zero attached hydrogens (tertiary/aromatic N) is 1. The zero-order chi connectivity index (χ0) is 11.8. The smallest absolute Gasteiger partial charge is 0.0416 e. The van der Waals surface area contributed by atoms with Crippen LogP contribution in [0, 0.1) is 5.92 Å². The Bertz CT molecular complexity index is 295. The molecule has 16 heavy (non-hydrogen) atoms. The first-order chi connectivity index (χ1) is 7.74. The van der Waals surface area contributed by atoms with Gasteiger partial charge in [0.2, 0.25) is 0 Å². The highest BCUT2D eigenvalue weighted by molar-refractivity contribution is 5.03. The van der Waals surface area contributed by atoms with E-state index < -0.39 is 0 Å². The molecule has 1 aromatic heterocycles. The highest BCUT2D eigenvalue weighted by atomic mass is 14.9. The van der Waals surface area contributed by atoms with Gasteiger partial charge < -0.3 is 5.32 Å². The van der Waals surface area contributed by atoms with Crippen LogP contribution in [0.3, 0.4) is 0 Å². The summed E-state index contributed by atoms with van der Waals surface area (Å²) in [5.41, 5.74) is 1.15. The molecule has 88 valence electrons. The molecular weight excluding hydrogens is 196 g/mol. The molecule has 0 aliphatic heterocycles. The van der Waals surface area contributed by atoms with E-state index >= 15 is 0 Å². The molecular formula is C14H22N2. The van der Waals surface area contributed by atoms with Crippen molar-refractivity contribution >= 4 is 0 Å². The van der Waals surface area contributed by atoms with E-state index in [0.717, 1.165) is 25.1 Å². The van der Waals surface area contributed by atoms with E-state index in [2.05, 4.69) is 36.8 Å². The second-order valence-corrected chi connectivity index (χ2v) is 4.32. The summed E-state index contributed by atoms with van der Waals surface area (Å²) in [5, 5.41) is 3.53. The van der Waals surface area contributed by atoms with Gasteiger partial charge in [-0.3, -0.25) is 4.98 Å². The third-order valence-corrected chi connectivity index (χ3v) is 2.97. The van der Waals surface area contributed by atoms with E-state index in [1.54, 1.807) is 0 Å². The maximum Gasteiger partial charge on any atom is 0.0416 e.